The molecule has 0 aromatic carbocycles. The van der Waals surface area contributed by atoms with Crippen molar-refractivity contribution in [3.63, 3.8) is 0 Å². The Kier molecular flexibility index (Phi) is 31.7. The minimum atomic E-state index is -0.179. The van der Waals surface area contributed by atoms with Gasteiger partial charge in [0.05, 0.1) is 12.2 Å². The van der Waals surface area contributed by atoms with Gasteiger partial charge in [0.25, 0.3) is 0 Å². The summed E-state index contributed by atoms with van der Waals surface area (Å²) in [6, 6.07) is 0. The van der Waals surface area contributed by atoms with Gasteiger partial charge in [-0.1, -0.05) is 83.1 Å². The summed E-state index contributed by atoms with van der Waals surface area (Å²) in [4.78, 5) is 0. The van der Waals surface area contributed by atoms with E-state index >= 15 is 0 Å². The van der Waals surface area contributed by atoms with Crippen LogP contribution in [0.2, 0.25) is 0 Å². The molecule has 0 saturated carbocycles. The first-order valence-electron chi connectivity index (χ1n) is 22.9. The van der Waals surface area contributed by atoms with Gasteiger partial charge in [-0.15, -0.1) is 0 Å². The Morgan fingerprint density at radius 2 is 0.491 bits per heavy atom. The minimum Gasteiger partial charge on any atom is -0.393 e. The van der Waals surface area contributed by atoms with E-state index in [1.54, 1.807) is 0 Å². The lowest BCUT2D eigenvalue weighted by molar-refractivity contribution is -0.132. The summed E-state index contributed by atoms with van der Waals surface area (Å²) < 4.78 is 17.1. The third-order valence-corrected chi connectivity index (χ3v) is 11.8. The summed E-state index contributed by atoms with van der Waals surface area (Å²) in [6.07, 6.45) is 19.1. The predicted octanol–water partition coefficient (Wildman–Crippen LogP) is 13.6. The van der Waals surface area contributed by atoms with E-state index in [9.17, 15) is 10.2 Å². The maximum atomic E-state index is 9.67. The monoisotopic (exact) mass is 755 g/mol. The predicted molar refractivity (Wildman–Crippen MR) is 230 cm³/mol. The van der Waals surface area contributed by atoms with E-state index in [-0.39, 0.29) is 12.2 Å². The first-order valence-corrected chi connectivity index (χ1v) is 22.9. The molecule has 0 aromatic rings. The van der Waals surface area contributed by atoms with Crippen LogP contribution in [0.3, 0.4) is 0 Å². The van der Waals surface area contributed by atoms with E-state index < -0.39 is 0 Å². The van der Waals surface area contributed by atoms with Crippen LogP contribution in [0.25, 0.3) is 0 Å². The van der Waals surface area contributed by atoms with E-state index in [1.165, 1.54) is 77.0 Å². The number of hydrogen-bond acceptors (Lipinski definition) is 5. The average molecular weight is 755 g/mol. The van der Waals surface area contributed by atoms with E-state index in [0.29, 0.717) is 25.4 Å². The third-order valence-electron chi connectivity index (χ3n) is 11.8. The first kappa shape index (κ1) is 52.8. The topological polar surface area (TPSA) is 68.2 Å². The lowest BCUT2D eigenvalue weighted by Crippen LogP contribution is -2.14. The molecule has 5 nitrogen and oxygen atoms in total. The highest BCUT2D eigenvalue weighted by atomic mass is 16.7. The van der Waals surface area contributed by atoms with Gasteiger partial charge in [0.2, 0.25) is 0 Å². The van der Waals surface area contributed by atoms with Crippen molar-refractivity contribution in [1.82, 2.24) is 0 Å². The van der Waals surface area contributed by atoms with Gasteiger partial charge in [-0.25, -0.2) is 0 Å². The Hall–Kier alpha value is -0.200. The zero-order chi connectivity index (χ0) is 40.3. The summed E-state index contributed by atoms with van der Waals surface area (Å²) in [6.45, 7) is 34.8. The fourth-order valence-electron chi connectivity index (χ4n) is 10.6. The van der Waals surface area contributed by atoms with Crippen molar-refractivity contribution in [2.24, 2.45) is 71.0 Å². The molecule has 0 rings (SSSR count). The van der Waals surface area contributed by atoms with E-state index in [4.69, 9.17) is 14.2 Å². The highest BCUT2D eigenvalue weighted by molar-refractivity contribution is 4.71. The van der Waals surface area contributed by atoms with Crippen LogP contribution in [0.5, 0.6) is 0 Å². The molecule has 0 amide bonds. The standard InChI is InChI=1S/C48H98O5/c1-35(21-37(3)23-39(5)25-41(7)27-43(9)29-45(11)31-47(13)49)17-15-19-51-33-53-34-52-20-16-18-36(2)22-38(4)24-40(6)26-42(8)28-44(10)30-46(12)32-48(14)50/h35-50H,15-34H2,1-14H3. The summed E-state index contributed by atoms with van der Waals surface area (Å²) in [7, 11) is 0. The number of aliphatic hydroxyl groups is 2. The molecule has 2 N–H and O–H groups in total. The zero-order valence-electron chi connectivity index (χ0n) is 38.3. The largest absolute Gasteiger partial charge is 0.393 e. The summed E-state index contributed by atoms with van der Waals surface area (Å²) in [5.41, 5.74) is 0. The molecule has 320 valence electrons. The molecule has 14 atom stereocenters. The number of ether oxygens (including phenoxy) is 3. The molecule has 5 heteroatoms. The Labute approximate surface area is 333 Å². The van der Waals surface area contributed by atoms with Crippen molar-refractivity contribution < 1.29 is 24.4 Å². The van der Waals surface area contributed by atoms with Gasteiger partial charge >= 0.3 is 0 Å². The maximum Gasteiger partial charge on any atom is 0.149 e. The van der Waals surface area contributed by atoms with Gasteiger partial charge in [-0.2, -0.15) is 0 Å². The molecule has 0 fully saturated rings. The number of hydrogen-bond donors (Lipinski definition) is 2. The molecule has 0 aromatic heterocycles. The lowest BCUT2D eigenvalue weighted by Gasteiger charge is -2.25. The van der Waals surface area contributed by atoms with E-state index in [0.717, 1.165) is 98.1 Å². The molecule has 0 bridgehead atoms. The average Bonchev–Trinajstić information content (AvgIpc) is 2.97. The SMILES string of the molecule is CC(O)CC(C)CC(C)CC(C)CC(C)CC(C)CC(C)CCCOCOCOCCCC(C)CC(C)CC(C)CC(C)CC(C)CC(C)CC(C)O. The van der Waals surface area contributed by atoms with Gasteiger partial charge in [-0.05, 0) is 188 Å². The molecule has 0 aliphatic heterocycles. The molecule has 0 radical (unpaired) electrons. The highest BCUT2D eigenvalue weighted by Crippen LogP contribution is 2.31. The molecule has 53 heavy (non-hydrogen) atoms. The van der Waals surface area contributed by atoms with Gasteiger partial charge in [0, 0.05) is 13.2 Å². The minimum absolute atomic E-state index is 0.179. The van der Waals surface area contributed by atoms with Gasteiger partial charge < -0.3 is 24.4 Å². The Bertz CT molecular complexity index is 739. The Morgan fingerprint density at radius 1 is 0.283 bits per heavy atom. The van der Waals surface area contributed by atoms with Gasteiger partial charge in [-0.3, -0.25) is 0 Å². The van der Waals surface area contributed by atoms with Crippen molar-refractivity contribution in [1.29, 1.82) is 0 Å². The molecule has 0 aliphatic carbocycles. The van der Waals surface area contributed by atoms with Crippen LogP contribution >= 0.6 is 0 Å². The summed E-state index contributed by atoms with van der Waals surface area (Å²) in [5.74, 6) is 8.82. The number of rotatable bonds is 36. The molecule has 0 saturated heterocycles. The van der Waals surface area contributed by atoms with Crippen LogP contribution in [-0.4, -0.2) is 49.2 Å². The zero-order valence-corrected chi connectivity index (χ0v) is 38.3. The second-order valence-corrected chi connectivity index (χ2v) is 20.3. The fraction of sp³-hybridized carbons (Fsp3) is 1.00. The van der Waals surface area contributed by atoms with Crippen LogP contribution < -0.4 is 0 Å². The first-order chi connectivity index (χ1) is 24.9. The summed E-state index contributed by atoms with van der Waals surface area (Å²) in [5, 5.41) is 19.3. The molecule has 0 heterocycles. The molecule has 0 aliphatic rings. The highest BCUT2D eigenvalue weighted by Gasteiger charge is 2.20. The van der Waals surface area contributed by atoms with Crippen LogP contribution in [0.4, 0.5) is 0 Å². The van der Waals surface area contributed by atoms with Crippen LogP contribution in [0.15, 0.2) is 0 Å². The van der Waals surface area contributed by atoms with Crippen molar-refractivity contribution in [3.8, 4) is 0 Å². The smallest absolute Gasteiger partial charge is 0.149 e. The quantitative estimate of drug-likeness (QED) is 0.0492. The summed E-state index contributed by atoms with van der Waals surface area (Å²) >= 11 is 0. The van der Waals surface area contributed by atoms with Crippen molar-refractivity contribution in [3.05, 3.63) is 0 Å². The number of aliphatic hydroxyl groups excluding tert-OH is 2. The van der Waals surface area contributed by atoms with Gasteiger partial charge in [0.15, 0.2) is 0 Å². The van der Waals surface area contributed by atoms with Crippen molar-refractivity contribution >= 4 is 0 Å². The maximum absolute atomic E-state index is 9.67. The van der Waals surface area contributed by atoms with E-state index in [1.807, 2.05) is 13.8 Å². The Balaban J connectivity index is 3.85. The van der Waals surface area contributed by atoms with Crippen LogP contribution in [0.1, 0.15) is 200 Å². The Morgan fingerprint density at radius 3 is 0.717 bits per heavy atom. The third kappa shape index (κ3) is 33.6. The molecule has 14 unspecified atom stereocenters. The van der Waals surface area contributed by atoms with Crippen LogP contribution in [0, 0.1) is 71.0 Å². The van der Waals surface area contributed by atoms with Crippen LogP contribution in [-0.2, 0) is 14.2 Å². The van der Waals surface area contributed by atoms with E-state index in [2.05, 4.69) is 83.1 Å². The molecular formula is C48H98O5. The second kappa shape index (κ2) is 31.8. The second-order valence-electron chi connectivity index (χ2n) is 20.3. The fourth-order valence-corrected chi connectivity index (χ4v) is 10.6. The van der Waals surface area contributed by atoms with Crippen molar-refractivity contribution in [2.45, 2.75) is 212 Å². The lowest BCUT2D eigenvalue weighted by atomic mass is 9.81. The normalized spacial score (nSPS) is 20.4. The van der Waals surface area contributed by atoms with Gasteiger partial charge in [0.1, 0.15) is 13.6 Å². The van der Waals surface area contributed by atoms with Crippen molar-refractivity contribution in [2.75, 3.05) is 26.8 Å². The molecular weight excluding hydrogens is 657 g/mol. The molecule has 0 spiro atoms.